The second-order valence-corrected chi connectivity index (χ2v) is 54.4. The molecule has 0 radical (unpaired) electrons. The van der Waals surface area contributed by atoms with E-state index in [0.29, 0.717) is 21.4 Å². The van der Waals surface area contributed by atoms with Crippen LogP contribution in [0.25, 0.3) is 113 Å². The van der Waals surface area contributed by atoms with Crippen molar-refractivity contribution in [3.63, 3.8) is 0 Å². The Balaban J connectivity index is 0.000000142. The van der Waals surface area contributed by atoms with Crippen LogP contribution in [-0.4, -0.2) is 68.6 Å². The van der Waals surface area contributed by atoms with Gasteiger partial charge in [-0.3, -0.25) is 14.5 Å². The Hall–Kier alpha value is -9.45. The summed E-state index contributed by atoms with van der Waals surface area (Å²) in [7, 11) is 4.19. The molecular weight excluding hydrogens is 2100 g/mol. The highest BCUT2D eigenvalue weighted by Gasteiger charge is 2.37. The molecular formula is C115H128FN5O9S15. The summed E-state index contributed by atoms with van der Waals surface area (Å²) in [6.45, 7) is 75.5. The minimum atomic E-state index is -0.600. The molecule has 0 fully saturated rings. The lowest BCUT2D eigenvalue weighted by Gasteiger charge is -2.04. The molecule has 4 aromatic carbocycles. The van der Waals surface area contributed by atoms with Crippen molar-refractivity contribution in [2.45, 2.75) is 249 Å². The van der Waals surface area contributed by atoms with E-state index in [1.165, 1.54) is 247 Å². The number of amides is 2. The number of hydrogen-bond acceptors (Lipinski definition) is 28. The summed E-state index contributed by atoms with van der Waals surface area (Å²) in [5.41, 5.74) is 24.3. The number of carbonyl (C=O) groups is 4. The number of furan rings is 3. The van der Waals surface area contributed by atoms with E-state index in [9.17, 15) is 23.6 Å². The van der Waals surface area contributed by atoms with E-state index >= 15 is 0 Å². The maximum atomic E-state index is 13.9. The van der Waals surface area contributed by atoms with Gasteiger partial charge in [-0.2, -0.15) is 8.75 Å². The Morgan fingerprint density at radius 3 is 1.01 bits per heavy atom. The molecule has 764 valence electrons. The van der Waals surface area contributed by atoms with E-state index in [1.54, 1.807) is 45.3 Å². The highest BCUT2D eigenvalue weighted by molar-refractivity contribution is 7.29. The molecule has 14 nitrogen and oxygen atoms in total. The first-order valence-electron chi connectivity index (χ1n) is 47.2. The first kappa shape index (κ1) is 114. The number of nitrogens with zero attached hydrogens (tertiary/aromatic N) is 5. The Bertz CT molecular complexity index is 7690. The van der Waals surface area contributed by atoms with Crippen molar-refractivity contribution < 1.29 is 46.3 Å². The van der Waals surface area contributed by atoms with Crippen LogP contribution in [0.4, 0.5) is 4.39 Å². The molecule has 2 amide bonds. The fourth-order valence-electron chi connectivity index (χ4n) is 16.9. The fraction of sp³-hybridized carbons (Fsp3) is 0.339. The first-order chi connectivity index (χ1) is 68.3. The number of thiazole rings is 2. The van der Waals surface area contributed by atoms with E-state index in [-0.39, 0.29) is 22.7 Å². The molecule has 0 N–H and O–H groups in total. The minimum Gasteiger partial charge on any atom is -0.466 e. The standard InChI is InChI=1S/C14H14O2.2C14H14S2.C10H9FO2S2.C10H10O2S2.C10H12S2.C9H9NO2S.C8H8N2S.C8H12O.C8H12S.C6H6N2S2.C4H8/c3*1-7-5-11-9(3)14-12(6-8(2)16-14)10(4)13(11)15-7;1-4-6-7(11)9(10(12)13-3)15-8(6)5(2)14-4;1-5-7-4-8(10(11)12-3)14-9(7)6(2)13-5;1-5-7(3)11-10-6(2)8(4)12-9(5)10;1-4-6-7(5(2)13-4)9(12)10(3)8(6)11;1-5-3-4-6(2)8-7(5)9-11-10-8;2*1-5-6(2)8(4)9-7(5)3;1-3-7-5-6(9-3)8-4(2)10-5;1-3-4-2/h3*5-6H,1-4H3;1-3H3;4H,1-3H3;1-4H3;1-3H3;3-4H,1-2H3;2*1-4H3;1-2H3;3-4H,1-2H3. The molecule has 30 heteroatoms. The smallest absolute Gasteiger partial charge is 0.351 e. The summed E-state index contributed by atoms with van der Waals surface area (Å²) in [5.74, 6) is 2.38. The Kier molecular flexibility index (Phi) is 37.8. The number of ether oxygens (including phenoxy) is 2. The molecule has 0 saturated heterocycles. The van der Waals surface area contributed by atoms with Gasteiger partial charge in [-0.05, 0) is 380 Å². The molecule has 22 aromatic rings. The van der Waals surface area contributed by atoms with E-state index < -0.39 is 11.8 Å². The first-order valence-corrected chi connectivity index (χ1v) is 59.4. The van der Waals surface area contributed by atoms with Gasteiger partial charge in [-0.1, -0.05) is 47.0 Å². The average Bonchev–Trinajstić information content (AvgIpc) is 1.61. The van der Waals surface area contributed by atoms with Crippen LogP contribution in [0.2, 0.25) is 0 Å². The van der Waals surface area contributed by atoms with Crippen molar-refractivity contribution in [2.75, 3.05) is 21.3 Å². The molecule has 18 aromatic heterocycles. The number of halogens is 1. The van der Waals surface area contributed by atoms with Gasteiger partial charge in [0, 0.05) is 141 Å². The number of imide groups is 1. The summed E-state index contributed by atoms with van der Waals surface area (Å²) in [4.78, 5) is 76.3. The molecule has 145 heavy (non-hydrogen) atoms. The lowest BCUT2D eigenvalue weighted by atomic mass is 10.0. The fourth-order valence-corrected chi connectivity index (χ4v) is 33.0. The number of carbonyl (C=O) groups excluding carboxylic acids is 4. The number of benzene rings is 4. The Morgan fingerprint density at radius 1 is 0.331 bits per heavy atom. The zero-order chi connectivity index (χ0) is 107. The molecule has 0 spiro atoms. The summed E-state index contributed by atoms with van der Waals surface area (Å²) in [6, 6.07) is 19.6. The van der Waals surface area contributed by atoms with Crippen LogP contribution in [0.1, 0.15) is 233 Å². The van der Waals surface area contributed by atoms with Gasteiger partial charge in [0.15, 0.2) is 15.5 Å². The summed E-state index contributed by atoms with van der Waals surface area (Å²) in [5, 5.41) is 12.1. The summed E-state index contributed by atoms with van der Waals surface area (Å²) in [6.07, 6.45) is 4.00. The molecule has 1 aliphatic rings. The SMILES string of the molecule is CC=CC.COC(=O)c1cc2c(C)sc(C)c2s1.COC(=O)c1sc2c(C)sc(C)c2c1F.Cc1cc2c(C)c3oc(C)cc3c(C)c2o1.Cc1cc2c(C)c3sc(C)cc3c(C)c2s1.Cc1cc2c(C)c3sc(C)cc3c(C)c2s1.Cc1ccc(C)c2nsnc12.Cc1nc2sc(C)nc2s1.Cc1oc(C)c(C)c1C.Cc1sc(C)c(C)c1C.Cc1sc(C)c2c1C(=O)N(C)C2=O.Cc1sc2c(C)c(C)sc2c1C. The van der Waals surface area contributed by atoms with Gasteiger partial charge in [0.25, 0.3) is 11.8 Å². The van der Waals surface area contributed by atoms with Crippen LogP contribution in [0, 0.1) is 241 Å². The van der Waals surface area contributed by atoms with Gasteiger partial charge < -0.3 is 22.7 Å². The van der Waals surface area contributed by atoms with Crippen molar-refractivity contribution in [1.82, 2.24) is 23.6 Å². The molecule has 19 heterocycles. The van der Waals surface area contributed by atoms with Crippen LogP contribution >= 0.6 is 170 Å². The molecule has 0 unspecified atom stereocenters. The van der Waals surface area contributed by atoms with Crippen LogP contribution in [-0.2, 0) is 9.47 Å². The molecule has 0 atom stereocenters. The molecule has 0 aliphatic carbocycles. The lowest BCUT2D eigenvalue weighted by molar-refractivity contribution is 0.0594. The molecule has 23 rings (SSSR count). The van der Waals surface area contributed by atoms with E-state index in [2.05, 4.69) is 243 Å². The average molecular weight is 2220 g/mol. The van der Waals surface area contributed by atoms with Crippen molar-refractivity contribution in [3.05, 3.63) is 273 Å². The second-order valence-electron chi connectivity index (χ2n) is 36.3. The predicted octanol–water partition coefficient (Wildman–Crippen LogP) is 39.5. The number of thiophene rings is 12. The minimum absolute atomic E-state index is 0.0708. The predicted molar refractivity (Wildman–Crippen MR) is 640 cm³/mol. The van der Waals surface area contributed by atoms with Gasteiger partial charge in [0.1, 0.15) is 55.0 Å². The largest absolute Gasteiger partial charge is 0.466 e. The van der Waals surface area contributed by atoms with Crippen LogP contribution in [0.3, 0.4) is 0 Å². The van der Waals surface area contributed by atoms with Crippen LogP contribution < -0.4 is 0 Å². The zero-order valence-electron chi connectivity index (χ0n) is 90.3. The quantitative estimate of drug-likeness (QED) is 0.0907. The number of aromatic nitrogens is 4. The third kappa shape index (κ3) is 24.5. The van der Waals surface area contributed by atoms with Gasteiger partial charge in [-0.15, -0.1) is 136 Å². The number of esters is 2. The topological polar surface area (TPSA) is 181 Å². The second kappa shape index (κ2) is 48.0. The Morgan fingerprint density at radius 2 is 0.683 bits per heavy atom. The number of hydrogen-bond donors (Lipinski definition) is 0. The van der Waals surface area contributed by atoms with Crippen LogP contribution in [0.5, 0.6) is 0 Å². The highest BCUT2D eigenvalue weighted by atomic mass is 32.2. The third-order valence-corrected chi connectivity index (χ3v) is 42.8. The van der Waals surface area contributed by atoms with Gasteiger partial charge in [0.2, 0.25) is 0 Å². The van der Waals surface area contributed by atoms with E-state index in [0.717, 1.165) is 111 Å². The molecule has 0 saturated carbocycles. The van der Waals surface area contributed by atoms with E-state index in [1.807, 2.05) is 181 Å². The maximum Gasteiger partial charge on any atom is 0.351 e. The third-order valence-electron chi connectivity index (χ3n) is 25.9. The lowest BCUT2D eigenvalue weighted by Crippen LogP contribution is -2.24. The van der Waals surface area contributed by atoms with Crippen molar-refractivity contribution in [1.29, 1.82) is 0 Å². The van der Waals surface area contributed by atoms with Crippen molar-refractivity contribution in [2.24, 2.45) is 0 Å². The van der Waals surface area contributed by atoms with Gasteiger partial charge >= 0.3 is 11.9 Å². The molecule has 1 aliphatic heterocycles. The van der Waals surface area contributed by atoms with Gasteiger partial charge in [-0.25, -0.2) is 23.9 Å². The molecule has 0 bridgehead atoms. The van der Waals surface area contributed by atoms with E-state index in [4.69, 9.17) is 13.3 Å². The summed E-state index contributed by atoms with van der Waals surface area (Å²) >= 11 is 25.6. The summed E-state index contributed by atoms with van der Waals surface area (Å²) < 4.78 is 59.3. The number of allylic oxidation sites excluding steroid dienone is 2. The Labute approximate surface area is 910 Å². The van der Waals surface area contributed by atoms with Crippen LogP contribution in [0.15, 0.2) is 80.0 Å². The van der Waals surface area contributed by atoms with Gasteiger partial charge in [0.05, 0.1) is 51.8 Å². The number of methoxy groups -OCH3 is 2. The maximum absolute atomic E-state index is 13.9. The normalized spacial score (nSPS) is 11.5. The number of rotatable bonds is 2. The number of fused-ring (bicyclic) bond motifs is 12. The number of aryl methyl sites for hydroxylation is 30. The van der Waals surface area contributed by atoms with Crippen molar-refractivity contribution >= 4 is 307 Å². The van der Waals surface area contributed by atoms with Crippen molar-refractivity contribution in [3.8, 4) is 0 Å². The zero-order valence-corrected chi connectivity index (χ0v) is 103. The monoisotopic (exact) mass is 2220 g/mol. The highest BCUT2D eigenvalue weighted by Crippen LogP contribution is 2.47.